The van der Waals surface area contributed by atoms with Crippen LogP contribution in [0.25, 0.3) is 0 Å². The minimum absolute atomic E-state index is 0.0217. The average Bonchev–Trinajstić information content (AvgIpc) is 3.59. The fraction of sp³-hybridized carbons (Fsp3) is 0.472. The molecule has 2 aliphatic rings. The van der Waals surface area contributed by atoms with E-state index in [4.69, 9.17) is 52.1 Å². The van der Waals surface area contributed by atoms with Crippen molar-refractivity contribution in [3.05, 3.63) is 139 Å². The number of rotatable bonds is 20. The van der Waals surface area contributed by atoms with Gasteiger partial charge >= 0.3 is 0 Å². The maximum atomic E-state index is 13.6. The molecule has 2 aliphatic heterocycles. The van der Waals surface area contributed by atoms with Gasteiger partial charge < -0.3 is 42.1 Å². The lowest BCUT2D eigenvalue weighted by Crippen LogP contribution is -2.50. The van der Waals surface area contributed by atoms with Gasteiger partial charge in [-0.05, 0) is 99.1 Å². The Labute approximate surface area is 429 Å². The summed E-state index contributed by atoms with van der Waals surface area (Å²) in [5.74, 6) is 0.334. The molecule has 4 aromatic rings. The van der Waals surface area contributed by atoms with Crippen molar-refractivity contribution >= 4 is 70.0 Å². The van der Waals surface area contributed by atoms with Gasteiger partial charge in [-0.2, -0.15) is 0 Å². The van der Waals surface area contributed by atoms with E-state index in [9.17, 15) is 19.2 Å². The molecule has 0 saturated carbocycles. The Morgan fingerprint density at radius 3 is 1.43 bits per heavy atom. The molecular weight excluding hydrogens is 954 g/mol. The van der Waals surface area contributed by atoms with E-state index in [2.05, 4.69) is 90.7 Å². The number of nitrogens with two attached hydrogens (primary N) is 1. The number of amides is 4. The number of carbonyl (C=O) groups excluding carboxylic acids is 4. The Morgan fingerprint density at radius 1 is 0.638 bits per heavy atom. The van der Waals surface area contributed by atoms with Crippen molar-refractivity contribution in [1.29, 1.82) is 0 Å². The lowest BCUT2D eigenvalue weighted by Gasteiger charge is -2.29. The third-order valence-corrected chi connectivity index (χ3v) is 14.3. The summed E-state index contributed by atoms with van der Waals surface area (Å²) in [7, 11) is 0. The first-order valence-corrected chi connectivity index (χ1v) is 25.8. The molecule has 69 heavy (non-hydrogen) atoms. The zero-order valence-corrected chi connectivity index (χ0v) is 43.3. The number of halogens is 4. The van der Waals surface area contributed by atoms with E-state index in [0.717, 1.165) is 32.2 Å². The van der Waals surface area contributed by atoms with Gasteiger partial charge in [-0.25, -0.2) is 0 Å². The van der Waals surface area contributed by atoms with Crippen molar-refractivity contribution in [2.24, 2.45) is 5.73 Å². The number of nitrogens with zero attached hydrogens (tertiary/aromatic N) is 2. The highest BCUT2D eigenvalue weighted by Crippen LogP contribution is 2.26. The summed E-state index contributed by atoms with van der Waals surface area (Å²) in [6.07, 6.45) is 4.64. The summed E-state index contributed by atoms with van der Waals surface area (Å²) < 4.78 is 0. The minimum atomic E-state index is -0.363. The van der Waals surface area contributed by atoms with Gasteiger partial charge in [0, 0.05) is 80.4 Å². The second-order valence-electron chi connectivity index (χ2n) is 18.2. The topological polar surface area (TPSA) is 161 Å². The predicted molar refractivity (Wildman–Crippen MR) is 282 cm³/mol. The Balaban J connectivity index is 0.000000258. The van der Waals surface area contributed by atoms with E-state index in [0.29, 0.717) is 95.9 Å². The zero-order chi connectivity index (χ0) is 49.9. The molecule has 4 amide bonds. The smallest absolute Gasteiger partial charge is 0.251 e. The summed E-state index contributed by atoms with van der Waals surface area (Å²) >= 11 is 24.0. The predicted octanol–water partition coefficient (Wildman–Crippen LogP) is 8.69. The Morgan fingerprint density at radius 2 is 1.06 bits per heavy atom. The van der Waals surface area contributed by atoms with Crippen molar-refractivity contribution in [2.75, 3.05) is 52.4 Å². The van der Waals surface area contributed by atoms with Crippen LogP contribution in [0.4, 0.5) is 0 Å². The maximum Gasteiger partial charge on any atom is 0.251 e. The van der Waals surface area contributed by atoms with Crippen LogP contribution in [-0.2, 0) is 9.59 Å². The van der Waals surface area contributed by atoms with Crippen LogP contribution >= 0.6 is 46.4 Å². The van der Waals surface area contributed by atoms with Crippen molar-refractivity contribution in [3.8, 4) is 0 Å². The van der Waals surface area contributed by atoms with Gasteiger partial charge in [-0.3, -0.25) is 19.2 Å². The molecule has 0 aromatic heterocycles. The second-order valence-corrected chi connectivity index (χ2v) is 19.8. The van der Waals surface area contributed by atoms with Gasteiger partial charge in [0.05, 0.1) is 32.2 Å². The van der Waals surface area contributed by atoms with Crippen LogP contribution in [0.15, 0.2) is 97.1 Å². The van der Waals surface area contributed by atoms with E-state index >= 15 is 0 Å². The Hall–Kier alpha value is -4.24. The normalized spacial score (nSPS) is 19.5. The average molecular weight is 1030 g/mol. The molecule has 7 N–H and O–H groups in total. The standard InChI is InChI=1S/C28H38Cl2N4O2.C25H32Cl2N4O2/c1-4-20(21-8-6-5-7-9-21)18-34-15-13-23(33-26(28(34)36)12-14-31-19(2)3)17-32-27(35)22-10-11-24(29)25(30)16-22;1-2-17(18-6-4-3-5-7-18)16-31-13-11-20(30-23(10-12-28)25(31)33)15-29-24(32)19-8-9-21(26)22(27)14-19/h5-11,16,19-20,23,26,31,33H,4,12-15,17-18H2,1-3H3,(H,32,35);3-9,14,17,20,23,30H,2,10-13,15-16,28H2,1H3,(H,29,32)/t20-,23+,26+;17-,20+,23+/m11/s1. The quantitative estimate of drug-likeness (QED) is 0.0513. The number of carbonyl (C=O) groups is 4. The summed E-state index contributed by atoms with van der Waals surface area (Å²) in [5, 5.41) is 17.8. The van der Waals surface area contributed by atoms with E-state index in [1.165, 1.54) is 11.1 Å². The number of nitrogens with one attached hydrogen (secondary N) is 5. The second kappa shape index (κ2) is 28.6. The summed E-state index contributed by atoms with van der Waals surface area (Å²) in [5.41, 5.74) is 9.21. The molecule has 2 saturated heterocycles. The minimum Gasteiger partial charge on any atom is -0.350 e. The highest BCUT2D eigenvalue weighted by Gasteiger charge is 2.33. The summed E-state index contributed by atoms with van der Waals surface area (Å²) in [6, 6.07) is 30.0. The monoisotopic (exact) mass is 1020 g/mol. The van der Waals surface area contributed by atoms with E-state index in [1.807, 2.05) is 34.1 Å². The molecule has 0 bridgehead atoms. The highest BCUT2D eigenvalue weighted by atomic mass is 35.5. The molecule has 374 valence electrons. The lowest BCUT2D eigenvalue weighted by atomic mass is 9.95. The molecule has 0 aliphatic carbocycles. The molecule has 2 heterocycles. The number of hydrogen-bond donors (Lipinski definition) is 6. The van der Waals surface area contributed by atoms with Crippen molar-refractivity contribution < 1.29 is 19.2 Å². The van der Waals surface area contributed by atoms with Crippen molar-refractivity contribution in [2.45, 2.75) is 108 Å². The largest absolute Gasteiger partial charge is 0.350 e. The first-order valence-electron chi connectivity index (χ1n) is 24.3. The molecule has 0 spiro atoms. The first-order chi connectivity index (χ1) is 33.2. The molecular formula is C53H70Cl4N8O4. The SMILES string of the molecule is CC[C@H](CN1CC[C@@H](CNC(=O)c2ccc(Cl)c(Cl)c2)N[C@@H](CCN)C1=O)c1ccccc1.CC[C@H](CN1CC[C@@H](CNC(=O)c2ccc(Cl)c(Cl)c2)N[C@@H](CCNC(C)C)C1=O)c1ccccc1. The Bertz CT molecular complexity index is 2260. The van der Waals surface area contributed by atoms with Crippen LogP contribution in [0.3, 0.4) is 0 Å². The molecule has 6 rings (SSSR count). The molecule has 2 fully saturated rings. The van der Waals surface area contributed by atoms with E-state index < -0.39 is 0 Å². The van der Waals surface area contributed by atoms with Gasteiger partial charge in [-0.15, -0.1) is 0 Å². The van der Waals surface area contributed by atoms with Crippen LogP contribution in [0, 0.1) is 0 Å². The van der Waals surface area contributed by atoms with E-state index in [1.54, 1.807) is 36.4 Å². The van der Waals surface area contributed by atoms with Crippen LogP contribution in [0.1, 0.15) is 110 Å². The van der Waals surface area contributed by atoms with Gasteiger partial charge in [0.1, 0.15) is 0 Å². The summed E-state index contributed by atoms with van der Waals surface area (Å²) in [6.45, 7) is 13.1. The molecule has 0 unspecified atom stereocenters. The molecule has 4 aromatic carbocycles. The number of hydrogen-bond acceptors (Lipinski definition) is 8. The fourth-order valence-electron chi connectivity index (χ4n) is 8.78. The zero-order valence-electron chi connectivity index (χ0n) is 40.3. The third-order valence-electron chi connectivity index (χ3n) is 12.8. The maximum absolute atomic E-state index is 13.6. The van der Waals surface area contributed by atoms with Gasteiger partial charge in [0.25, 0.3) is 11.8 Å². The van der Waals surface area contributed by atoms with Crippen LogP contribution in [0.2, 0.25) is 20.1 Å². The van der Waals surface area contributed by atoms with Gasteiger partial charge in [0.15, 0.2) is 0 Å². The van der Waals surface area contributed by atoms with Crippen LogP contribution < -0.4 is 32.3 Å². The van der Waals surface area contributed by atoms with Crippen molar-refractivity contribution in [1.82, 2.24) is 36.4 Å². The molecule has 16 heteroatoms. The molecule has 6 atom stereocenters. The Kier molecular flexibility index (Phi) is 23.1. The molecule has 0 radical (unpaired) electrons. The van der Waals surface area contributed by atoms with Crippen LogP contribution in [0.5, 0.6) is 0 Å². The lowest BCUT2D eigenvalue weighted by molar-refractivity contribution is -0.133. The number of benzene rings is 4. The van der Waals surface area contributed by atoms with Crippen molar-refractivity contribution in [3.63, 3.8) is 0 Å². The highest BCUT2D eigenvalue weighted by molar-refractivity contribution is 6.42. The fourth-order valence-corrected chi connectivity index (χ4v) is 9.37. The molecule has 12 nitrogen and oxygen atoms in total. The summed E-state index contributed by atoms with van der Waals surface area (Å²) in [4.78, 5) is 56.1. The third kappa shape index (κ3) is 17.2. The van der Waals surface area contributed by atoms with Gasteiger partial charge in [-0.1, -0.05) is 135 Å². The van der Waals surface area contributed by atoms with Crippen LogP contribution in [-0.4, -0.2) is 116 Å². The first kappa shape index (κ1) is 55.7. The van der Waals surface area contributed by atoms with E-state index in [-0.39, 0.29) is 59.6 Å². The van der Waals surface area contributed by atoms with Gasteiger partial charge in [0.2, 0.25) is 11.8 Å².